The van der Waals surface area contributed by atoms with E-state index < -0.39 is 10.8 Å². The van der Waals surface area contributed by atoms with Crippen LogP contribution in [0.5, 0.6) is 11.5 Å². The van der Waals surface area contributed by atoms with Crippen molar-refractivity contribution >= 4 is 39.4 Å². The van der Waals surface area contributed by atoms with Crippen LogP contribution in [0.25, 0.3) is 27.2 Å². The number of non-ortho nitro benzene ring substituents is 1. The third-order valence-electron chi connectivity index (χ3n) is 5.98. The largest absolute Gasteiger partial charge is 0.493 e. The molecule has 3 aromatic carbocycles. The molecule has 0 radical (unpaired) electrons. The van der Waals surface area contributed by atoms with Gasteiger partial charge in [-0.05, 0) is 24.3 Å². The highest BCUT2D eigenvalue weighted by molar-refractivity contribution is 7.16. The average molecular weight is 559 g/mol. The summed E-state index contributed by atoms with van der Waals surface area (Å²) in [6.07, 6.45) is 3.17. The molecule has 0 saturated heterocycles. The van der Waals surface area contributed by atoms with E-state index in [1.54, 1.807) is 35.1 Å². The van der Waals surface area contributed by atoms with Gasteiger partial charge in [0.2, 0.25) is 0 Å². The van der Waals surface area contributed by atoms with Crippen LogP contribution < -0.4 is 19.8 Å². The minimum absolute atomic E-state index is 0.0408. The number of ether oxygens (including phenoxy) is 2. The van der Waals surface area contributed by atoms with Gasteiger partial charge in [-0.15, -0.1) is 0 Å². The van der Waals surface area contributed by atoms with Crippen LogP contribution in [0, 0.1) is 10.1 Å². The van der Waals surface area contributed by atoms with E-state index in [-0.39, 0.29) is 17.1 Å². The molecule has 5 rings (SSSR count). The number of para-hydroxylation sites is 1. The number of hydrazone groups is 1. The van der Waals surface area contributed by atoms with Crippen LogP contribution >= 0.6 is 11.3 Å². The number of carbonyl (C=O) groups excluding carboxylic acids is 1. The minimum Gasteiger partial charge on any atom is -0.493 e. The highest BCUT2D eigenvalue weighted by Crippen LogP contribution is 2.33. The third-order valence-corrected chi connectivity index (χ3v) is 6.92. The number of methoxy groups -OCH3 is 2. The Morgan fingerprint density at radius 3 is 2.48 bits per heavy atom. The van der Waals surface area contributed by atoms with Crippen LogP contribution in [0.3, 0.4) is 0 Å². The molecule has 0 saturated carbocycles. The summed E-state index contributed by atoms with van der Waals surface area (Å²) in [4.78, 5) is 35.6. The van der Waals surface area contributed by atoms with Crippen molar-refractivity contribution in [1.29, 1.82) is 0 Å². The Bertz CT molecular complexity index is 1790. The summed E-state index contributed by atoms with van der Waals surface area (Å²) < 4.78 is 14.3. The molecule has 2 heterocycles. The lowest BCUT2D eigenvalue weighted by Gasteiger charge is -2.08. The fourth-order valence-corrected chi connectivity index (χ4v) is 4.95. The van der Waals surface area contributed by atoms with Gasteiger partial charge in [0.1, 0.15) is 12.2 Å². The van der Waals surface area contributed by atoms with Gasteiger partial charge in [0.25, 0.3) is 11.6 Å². The zero-order chi connectivity index (χ0) is 28.2. The lowest BCUT2D eigenvalue weighted by molar-refractivity contribution is -0.384. The van der Waals surface area contributed by atoms with Gasteiger partial charge in [-0.2, -0.15) is 10.2 Å². The van der Waals surface area contributed by atoms with Gasteiger partial charge >= 0.3 is 4.87 Å². The van der Waals surface area contributed by atoms with Crippen molar-refractivity contribution in [3.63, 3.8) is 0 Å². The van der Waals surface area contributed by atoms with Crippen molar-refractivity contribution in [3.8, 4) is 28.4 Å². The van der Waals surface area contributed by atoms with Gasteiger partial charge in [-0.3, -0.25) is 24.3 Å². The number of thiazole rings is 1. The van der Waals surface area contributed by atoms with Crippen LogP contribution in [-0.4, -0.2) is 45.6 Å². The second kappa shape index (κ2) is 11.2. The number of nitrogens with zero attached hydrogens (tertiary/aromatic N) is 5. The number of benzene rings is 3. The Kier molecular flexibility index (Phi) is 7.37. The van der Waals surface area contributed by atoms with E-state index in [1.165, 1.54) is 37.1 Å². The number of aromatic nitrogens is 3. The molecule has 2 aromatic heterocycles. The van der Waals surface area contributed by atoms with Crippen LogP contribution in [0.15, 0.2) is 82.8 Å². The SMILES string of the molecule is COc1cc2sc(=O)n(CC(=O)N/N=C/c3cn(-c4ccccc4)nc3-c3ccc([N+](=O)[O-])cc3)c2cc1OC. The maximum Gasteiger partial charge on any atom is 0.308 e. The molecular weight excluding hydrogens is 536 g/mol. The normalized spacial score (nSPS) is 11.2. The topological polar surface area (TPSA) is 143 Å². The van der Waals surface area contributed by atoms with E-state index in [0.717, 1.165) is 17.0 Å². The number of hydrogen-bond donors (Lipinski definition) is 1. The number of hydrogen-bond acceptors (Lipinski definition) is 9. The number of nitro groups is 1. The van der Waals surface area contributed by atoms with Crippen LogP contribution in [0.2, 0.25) is 0 Å². The van der Waals surface area contributed by atoms with Crippen molar-refractivity contribution in [2.45, 2.75) is 6.54 Å². The third kappa shape index (κ3) is 5.31. The van der Waals surface area contributed by atoms with Gasteiger partial charge in [0.05, 0.1) is 41.3 Å². The Hall–Kier alpha value is -5.30. The predicted molar refractivity (Wildman–Crippen MR) is 151 cm³/mol. The molecule has 5 aromatic rings. The number of fused-ring (bicyclic) bond motifs is 1. The first-order valence-corrected chi connectivity index (χ1v) is 12.7. The molecule has 0 aliphatic carbocycles. The Morgan fingerprint density at radius 2 is 1.80 bits per heavy atom. The lowest BCUT2D eigenvalue weighted by Crippen LogP contribution is -2.27. The molecule has 12 nitrogen and oxygen atoms in total. The summed E-state index contributed by atoms with van der Waals surface area (Å²) in [5.41, 5.74) is 5.46. The standard InChI is InChI=1S/C27H22N6O6S/c1-38-22-12-21-24(13-23(22)39-2)40-27(35)31(21)16-25(34)29-28-14-18-15-32(19-6-4-3-5-7-19)30-26(18)17-8-10-20(11-9-17)33(36)37/h3-15H,16H2,1-2H3,(H,29,34)/b28-14+. The number of rotatable bonds is 9. The highest BCUT2D eigenvalue weighted by atomic mass is 32.1. The zero-order valence-electron chi connectivity index (χ0n) is 21.3. The molecule has 0 aliphatic heterocycles. The fourth-order valence-electron chi connectivity index (χ4n) is 4.05. The van der Waals surface area contributed by atoms with Gasteiger partial charge < -0.3 is 9.47 Å². The van der Waals surface area contributed by atoms with E-state index in [1.807, 2.05) is 30.3 Å². The van der Waals surface area contributed by atoms with E-state index in [2.05, 4.69) is 15.6 Å². The van der Waals surface area contributed by atoms with Gasteiger partial charge in [-0.25, -0.2) is 10.1 Å². The molecule has 13 heteroatoms. The molecule has 0 fully saturated rings. The van der Waals surface area contributed by atoms with Gasteiger partial charge in [-0.1, -0.05) is 29.5 Å². The molecule has 0 unspecified atom stereocenters. The monoisotopic (exact) mass is 558 g/mol. The highest BCUT2D eigenvalue weighted by Gasteiger charge is 2.16. The quantitative estimate of drug-likeness (QED) is 0.164. The van der Waals surface area contributed by atoms with Crippen molar-refractivity contribution in [2.24, 2.45) is 5.10 Å². The number of amides is 1. The summed E-state index contributed by atoms with van der Waals surface area (Å²) in [5.74, 6) is 0.409. The van der Waals surface area contributed by atoms with E-state index in [4.69, 9.17) is 9.47 Å². The van der Waals surface area contributed by atoms with E-state index in [0.29, 0.717) is 38.5 Å². The van der Waals surface area contributed by atoms with Crippen molar-refractivity contribution < 1.29 is 19.2 Å². The Labute approximate surface area is 230 Å². The Morgan fingerprint density at radius 1 is 1.10 bits per heavy atom. The van der Waals surface area contributed by atoms with Crippen LogP contribution in [0.4, 0.5) is 5.69 Å². The number of nitro benzene ring substituents is 1. The summed E-state index contributed by atoms with van der Waals surface area (Å²) in [6, 6.07) is 18.7. The molecule has 202 valence electrons. The predicted octanol–water partition coefficient (Wildman–Crippen LogP) is 3.99. The fraction of sp³-hybridized carbons (Fsp3) is 0.111. The van der Waals surface area contributed by atoms with Crippen molar-refractivity contribution in [3.05, 3.63) is 98.3 Å². The first kappa shape index (κ1) is 26.3. The summed E-state index contributed by atoms with van der Waals surface area (Å²) in [5, 5.41) is 19.8. The maximum atomic E-state index is 12.7. The van der Waals surface area contributed by atoms with Gasteiger partial charge in [0, 0.05) is 41.6 Å². The smallest absolute Gasteiger partial charge is 0.308 e. The molecule has 0 spiro atoms. The van der Waals surface area contributed by atoms with Crippen LogP contribution in [0.1, 0.15) is 5.56 Å². The summed E-state index contributed by atoms with van der Waals surface area (Å²) in [6.45, 7) is -0.260. The molecule has 0 atom stereocenters. The molecule has 1 amide bonds. The van der Waals surface area contributed by atoms with Gasteiger partial charge in [0.15, 0.2) is 11.5 Å². The average Bonchev–Trinajstić information content (AvgIpc) is 3.53. The molecular formula is C27H22N6O6S. The molecule has 1 N–H and O–H groups in total. The summed E-state index contributed by atoms with van der Waals surface area (Å²) >= 11 is 0.993. The Balaban J connectivity index is 1.40. The minimum atomic E-state index is -0.514. The molecule has 0 bridgehead atoms. The number of carbonyl (C=O) groups is 1. The summed E-state index contributed by atoms with van der Waals surface area (Å²) in [7, 11) is 3.00. The molecule has 0 aliphatic rings. The first-order chi connectivity index (χ1) is 19.4. The lowest BCUT2D eigenvalue weighted by atomic mass is 10.1. The van der Waals surface area contributed by atoms with Crippen molar-refractivity contribution in [1.82, 2.24) is 19.8 Å². The zero-order valence-corrected chi connectivity index (χ0v) is 22.1. The molecule has 40 heavy (non-hydrogen) atoms. The first-order valence-electron chi connectivity index (χ1n) is 11.8. The van der Waals surface area contributed by atoms with Crippen LogP contribution in [-0.2, 0) is 11.3 Å². The second-order valence-electron chi connectivity index (χ2n) is 8.44. The van der Waals surface area contributed by atoms with Crippen molar-refractivity contribution in [2.75, 3.05) is 14.2 Å². The van der Waals surface area contributed by atoms with E-state index >= 15 is 0 Å². The second-order valence-corrected chi connectivity index (χ2v) is 9.43. The van der Waals surface area contributed by atoms with E-state index in [9.17, 15) is 19.7 Å². The number of nitrogens with one attached hydrogen (secondary N) is 1. The maximum absolute atomic E-state index is 12.7.